The van der Waals surface area contributed by atoms with Crippen LogP contribution < -0.4 is 10.1 Å². The summed E-state index contributed by atoms with van der Waals surface area (Å²) in [6.07, 6.45) is 0.664. The lowest BCUT2D eigenvalue weighted by atomic mass is 10.0. The largest absolute Gasteiger partial charge is 0.493 e. The van der Waals surface area contributed by atoms with Gasteiger partial charge in [0.1, 0.15) is 10.6 Å². The van der Waals surface area contributed by atoms with Crippen molar-refractivity contribution in [3.05, 3.63) is 58.1 Å². The van der Waals surface area contributed by atoms with E-state index in [0.717, 1.165) is 15.8 Å². The van der Waals surface area contributed by atoms with Gasteiger partial charge in [-0.15, -0.1) is 4.40 Å². The summed E-state index contributed by atoms with van der Waals surface area (Å²) >= 11 is 3.45. The SMILES string of the molecule is CN(CC(=O)NC1CCOc2ccc(Br)cc21)C1=NS(=O)(=O)c2ccccc21. The zero-order chi connectivity index (χ0) is 19.9. The van der Waals surface area contributed by atoms with Gasteiger partial charge < -0.3 is 15.0 Å². The number of nitrogens with one attached hydrogen (secondary N) is 1. The van der Waals surface area contributed by atoms with Crippen LogP contribution in [0.2, 0.25) is 0 Å². The van der Waals surface area contributed by atoms with Crippen molar-refractivity contribution in [2.45, 2.75) is 17.4 Å². The van der Waals surface area contributed by atoms with Crippen LogP contribution in [0.1, 0.15) is 23.6 Å². The summed E-state index contributed by atoms with van der Waals surface area (Å²) in [5.41, 5.74) is 1.43. The van der Waals surface area contributed by atoms with E-state index < -0.39 is 10.0 Å². The highest BCUT2D eigenvalue weighted by Gasteiger charge is 2.31. The fourth-order valence-corrected chi connectivity index (χ4v) is 5.04. The van der Waals surface area contributed by atoms with Crippen LogP contribution in [0.3, 0.4) is 0 Å². The van der Waals surface area contributed by atoms with Crippen molar-refractivity contribution in [1.82, 2.24) is 10.2 Å². The maximum absolute atomic E-state index is 12.6. The number of nitrogens with zero attached hydrogens (tertiary/aromatic N) is 2. The molecule has 1 N–H and O–H groups in total. The maximum Gasteiger partial charge on any atom is 0.285 e. The number of amidine groups is 1. The molecule has 1 unspecified atom stereocenters. The number of ether oxygens (including phenoxy) is 1. The Hall–Kier alpha value is -2.39. The summed E-state index contributed by atoms with van der Waals surface area (Å²) in [5, 5.41) is 3.02. The van der Waals surface area contributed by atoms with Crippen molar-refractivity contribution in [3.8, 4) is 5.75 Å². The number of hydrogen-bond donors (Lipinski definition) is 1. The minimum atomic E-state index is -3.71. The van der Waals surface area contributed by atoms with Crippen LogP contribution in [-0.4, -0.2) is 45.3 Å². The van der Waals surface area contributed by atoms with Gasteiger partial charge in [-0.25, -0.2) is 0 Å². The molecular formula is C19H18BrN3O4S. The number of carbonyl (C=O) groups is 1. The number of fused-ring (bicyclic) bond motifs is 2. The number of carbonyl (C=O) groups excluding carboxylic acids is 1. The van der Waals surface area contributed by atoms with E-state index in [0.29, 0.717) is 18.6 Å². The Morgan fingerprint density at radius 1 is 1.32 bits per heavy atom. The lowest BCUT2D eigenvalue weighted by Gasteiger charge is -2.28. The van der Waals surface area contributed by atoms with Crippen molar-refractivity contribution in [2.75, 3.05) is 20.2 Å². The Labute approximate surface area is 171 Å². The molecule has 1 amide bonds. The van der Waals surface area contributed by atoms with Crippen LogP contribution in [-0.2, 0) is 14.8 Å². The Balaban J connectivity index is 1.49. The Morgan fingerprint density at radius 2 is 2.11 bits per heavy atom. The molecular weight excluding hydrogens is 446 g/mol. The van der Waals surface area contributed by atoms with E-state index in [1.54, 1.807) is 30.1 Å². The summed E-state index contributed by atoms with van der Waals surface area (Å²) in [6.45, 7) is 0.511. The molecule has 0 saturated heterocycles. The summed E-state index contributed by atoms with van der Waals surface area (Å²) in [6, 6.07) is 12.2. The molecule has 0 aromatic heterocycles. The molecule has 2 heterocycles. The molecule has 146 valence electrons. The number of hydrogen-bond acceptors (Lipinski definition) is 5. The number of likely N-dealkylation sites (N-methyl/N-ethyl adjacent to an activating group) is 1. The second-order valence-electron chi connectivity index (χ2n) is 6.68. The first-order valence-corrected chi connectivity index (χ1v) is 11.0. The van der Waals surface area contributed by atoms with E-state index in [4.69, 9.17) is 4.74 Å². The quantitative estimate of drug-likeness (QED) is 0.754. The standard InChI is InChI=1S/C19H18BrN3O4S/c1-23(19-13-4-2-3-5-17(13)28(25,26)22-19)11-18(24)21-15-8-9-27-16-7-6-12(20)10-14(15)16/h2-7,10,15H,8-9,11H2,1H3,(H,21,24). The van der Waals surface area contributed by atoms with Gasteiger partial charge >= 0.3 is 0 Å². The monoisotopic (exact) mass is 463 g/mol. The normalized spacial score (nSPS) is 19.1. The fraction of sp³-hybridized carbons (Fsp3) is 0.263. The van der Waals surface area contributed by atoms with Crippen LogP contribution in [0.5, 0.6) is 5.75 Å². The summed E-state index contributed by atoms with van der Waals surface area (Å²) in [5.74, 6) is 0.818. The summed E-state index contributed by atoms with van der Waals surface area (Å²) < 4.78 is 34.8. The number of sulfonamides is 1. The van der Waals surface area contributed by atoms with Crippen LogP contribution in [0.4, 0.5) is 0 Å². The molecule has 7 nitrogen and oxygen atoms in total. The third kappa shape index (κ3) is 3.51. The van der Waals surface area contributed by atoms with Gasteiger partial charge in [-0.1, -0.05) is 28.1 Å². The van der Waals surface area contributed by atoms with Gasteiger partial charge in [0.15, 0.2) is 5.84 Å². The third-order valence-electron chi connectivity index (χ3n) is 4.70. The number of amides is 1. The van der Waals surface area contributed by atoms with Gasteiger partial charge in [-0.3, -0.25) is 4.79 Å². The second-order valence-corrected chi connectivity index (χ2v) is 9.17. The average molecular weight is 464 g/mol. The summed E-state index contributed by atoms with van der Waals surface area (Å²) in [7, 11) is -2.06. The molecule has 0 spiro atoms. The van der Waals surface area contributed by atoms with Crippen molar-refractivity contribution >= 4 is 37.7 Å². The molecule has 1 atom stereocenters. The summed E-state index contributed by atoms with van der Waals surface area (Å²) in [4.78, 5) is 14.4. The molecule has 2 aliphatic rings. The van der Waals surface area contributed by atoms with Crippen LogP contribution in [0, 0.1) is 0 Å². The topological polar surface area (TPSA) is 88.1 Å². The first kappa shape index (κ1) is 18.9. The lowest BCUT2D eigenvalue weighted by molar-refractivity contribution is -0.122. The van der Waals surface area contributed by atoms with Crippen molar-refractivity contribution < 1.29 is 17.9 Å². The molecule has 0 fully saturated rings. The van der Waals surface area contributed by atoms with Crippen molar-refractivity contribution in [1.29, 1.82) is 0 Å². The van der Waals surface area contributed by atoms with E-state index in [1.165, 1.54) is 6.07 Å². The smallest absolute Gasteiger partial charge is 0.285 e. The first-order valence-electron chi connectivity index (χ1n) is 8.72. The molecule has 0 saturated carbocycles. The highest BCUT2D eigenvalue weighted by atomic mass is 79.9. The predicted octanol–water partition coefficient (Wildman–Crippen LogP) is 2.47. The zero-order valence-electron chi connectivity index (χ0n) is 15.1. The number of halogens is 1. The molecule has 28 heavy (non-hydrogen) atoms. The molecule has 9 heteroatoms. The first-order chi connectivity index (χ1) is 13.3. The minimum Gasteiger partial charge on any atom is -0.493 e. The second kappa shape index (κ2) is 7.21. The molecule has 0 radical (unpaired) electrons. The van der Waals surface area contributed by atoms with Gasteiger partial charge in [0, 0.05) is 29.1 Å². The van der Waals surface area contributed by atoms with Crippen LogP contribution >= 0.6 is 15.9 Å². The van der Waals surface area contributed by atoms with E-state index in [2.05, 4.69) is 25.6 Å². The highest BCUT2D eigenvalue weighted by Crippen LogP contribution is 2.34. The third-order valence-corrected chi connectivity index (χ3v) is 6.52. The van der Waals surface area contributed by atoms with Crippen LogP contribution in [0.15, 0.2) is 56.2 Å². The Kier molecular flexibility index (Phi) is 4.88. The Bertz CT molecular complexity index is 1080. The van der Waals surface area contributed by atoms with E-state index in [-0.39, 0.29) is 29.2 Å². The van der Waals surface area contributed by atoms with Crippen molar-refractivity contribution in [3.63, 3.8) is 0 Å². The molecule has 0 aliphatic carbocycles. The highest BCUT2D eigenvalue weighted by molar-refractivity contribution is 9.10. The van der Waals surface area contributed by atoms with Gasteiger partial charge in [0.05, 0.1) is 19.2 Å². The average Bonchev–Trinajstić information content (AvgIpc) is 2.94. The molecule has 2 aliphatic heterocycles. The number of rotatable bonds is 3. The lowest BCUT2D eigenvalue weighted by Crippen LogP contribution is -2.40. The van der Waals surface area contributed by atoms with E-state index in [9.17, 15) is 13.2 Å². The van der Waals surface area contributed by atoms with Gasteiger partial charge in [0.2, 0.25) is 5.91 Å². The van der Waals surface area contributed by atoms with Crippen molar-refractivity contribution in [2.24, 2.45) is 4.40 Å². The molecule has 4 rings (SSSR count). The molecule has 2 aromatic rings. The Morgan fingerprint density at radius 3 is 2.93 bits per heavy atom. The van der Waals surface area contributed by atoms with Gasteiger partial charge in [-0.05, 0) is 30.3 Å². The molecule has 2 aromatic carbocycles. The predicted molar refractivity (Wildman–Crippen MR) is 108 cm³/mol. The number of benzene rings is 2. The zero-order valence-corrected chi connectivity index (χ0v) is 17.5. The molecule has 0 bridgehead atoms. The van der Waals surface area contributed by atoms with Gasteiger partial charge in [-0.2, -0.15) is 8.42 Å². The van der Waals surface area contributed by atoms with E-state index >= 15 is 0 Å². The van der Waals surface area contributed by atoms with Gasteiger partial charge in [0.25, 0.3) is 10.0 Å². The maximum atomic E-state index is 12.6. The van der Waals surface area contributed by atoms with Crippen LogP contribution in [0.25, 0.3) is 0 Å². The minimum absolute atomic E-state index is 0.0105. The fourth-order valence-electron chi connectivity index (χ4n) is 3.41. The van der Waals surface area contributed by atoms with E-state index in [1.807, 2.05) is 18.2 Å².